The van der Waals surface area contributed by atoms with Gasteiger partial charge in [0.1, 0.15) is 0 Å². The lowest BCUT2D eigenvalue weighted by molar-refractivity contribution is 0.777. The predicted octanol–water partition coefficient (Wildman–Crippen LogP) is 3.98. The molecule has 2 atom stereocenters. The number of hydrogen-bond acceptors (Lipinski definition) is 0. The summed E-state index contributed by atoms with van der Waals surface area (Å²) in [5.41, 5.74) is 3.36. The second kappa shape index (κ2) is 3.66. The molecule has 2 aliphatic rings. The highest BCUT2D eigenvalue weighted by atomic mass is 31.1. The van der Waals surface area contributed by atoms with Crippen LogP contribution in [-0.4, -0.2) is 17.0 Å². The molecule has 1 saturated heterocycles. The zero-order valence-corrected chi connectivity index (χ0v) is 9.32. The summed E-state index contributed by atoms with van der Waals surface area (Å²) in [7, 11) is 0.431. The molecule has 1 aliphatic heterocycles. The third-order valence-electron chi connectivity index (χ3n) is 3.77. The normalized spacial score (nSPS) is 39.5. The van der Waals surface area contributed by atoms with Crippen LogP contribution in [0.4, 0.5) is 0 Å². The van der Waals surface area contributed by atoms with Crippen molar-refractivity contribution >= 4 is 7.92 Å². The Hall–Kier alpha value is 0.430. The Morgan fingerprint density at radius 1 is 0.833 bits per heavy atom. The van der Waals surface area contributed by atoms with E-state index < -0.39 is 0 Å². The molecular formula is C11H21P. The first kappa shape index (κ1) is 9.00. The van der Waals surface area contributed by atoms with Gasteiger partial charge in [-0.05, 0) is 42.7 Å². The lowest BCUT2D eigenvalue weighted by Gasteiger charge is -2.27. The number of hydrogen-bond donors (Lipinski definition) is 0. The molecule has 2 fully saturated rings. The fraction of sp³-hybridized carbons (Fsp3) is 1.00. The maximum atomic E-state index is 2.51. The average molecular weight is 184 g/mol. The minimum absolute atomic E-state index is 0.431. The van der Waals surface area contributed by atoms with Crippen molar-refractivity contribution in [3.63, 3.8) is 0 Å². The van der Waals surface area contributed by atoms with Gasteiger partial charge in [0.05, 0.1) is 0 Å². The minimum atomic E-state index is 0.431. The van der Waals surface area contributed by atoms with Gasteiger partial charge in [-0.15, -0.1) is 0 Å². The molecule has 12 heavy (non-hydrogen) atoms. The summed E-state index contributed by atoms with van der Waals surface area (Å²) in [5, 5.41) is 0. The molecule has 0 spiro atoms. The van der Waals surface area contributed by atoms with Crippen LogP contribution in [0.15, 0.2) is 0 Å². The van der Waals surface area contributed by atoms with Crippen LogP contribution in [-0.2, 0) is 0 Å². The van der Waals surface area contributed by atoms with Crippen LogP contribution in [0.3, 0.4) is 0 Å². The van der Waals surface area contributed by atoms with Gasteiger partial charge < -0.3 is 0 Å². The summed E-state index contributed by atoms with van der Waals surface area (Å²) in [5.74, 6) is 0. The summed E-state index contributed by atoms with van der Waals surface area (Å²) in [4.78, 5) is 0. The van der Waals surface area contributed by atoms with Crippen LogP contribution < -0.4 is 0 Å². The first-order valence-electron chi connectivity index (χ1n) is 5.56. The molecule has 0 radical (unpaired) electrons. The Balaban J connectivity index is 1.99. The van der Waals surface area contributed by atoms with E-state index >= 15 is 0 Å². The first-order chi connectivity index (χ1) is 5.79. The quantitative estimate of drug-likeness (QED) is 0.541. The van der Waals surface area contributed by atoms with Gasteiger partial charge in [0.15, 0.2) is 0 Å². The SMILES string of the molecule is C[C@@H]1CC[C@@H](C)P1C1CCCC1. The van der Waals surface area contributed by atoms with Crippen LogP contribution in [0.1, 0.15) is 52.4 Å². The van der Waals surface area contributed by atoms with Crippen LogP contribution in [0, 0.1) is 0 Å². The monoisotopic (exact) mass is 184 g/mol. The van der Waals surface area contributed by atoms with Crippen molar-refractivity contribution in [1.29, 1.82) is 0 Å². The summed E-state index contributed by atoms with van der Waals surface area (Å²) >= 11 is 0. The molecule has 2 rings (SSSR count). The van der Waals surface area contributed by atoms with Crippen molar-refractivity contribution < 1.29 is 0 Å². The summed E-state index contributed by atoms with van der Waals surface area (Å²) < 4.78 is 0. The van der Waals surface area contributed by atoms with Gasteiger partial charge in [0.2, 0.25) is 0 Å². The standard InChI is InChI=1S/C11H21P/c1-9-7-8-10(2)12(9)11-5-3-4-6-11/h9-11H,3-8H2,1-2H3/t9-,10-/m1/s1. The van der Waals surface area contributed by atoms with E-state index in [9.17, 15) is 0 Å². The molecule has 70 valence electrons. The molecular weight excluding hydrogens is 163 g/mol. The molecule has 0 aromatic heterocycles. The maximum Gasteiger partial charge on any atom is -0.0204 e. The third-order valence-corrected chi connectivity index (χ3v) is 7.68. The van der Waals surface area contributed by atoms with E-state index in [0.29, 0.717) is 7.92 Å². The fourth-order valence-corrected chi connectivity index (χ4v) is 7.30. The molecule has 0 unspecified atom stereocenters. The second-order valence-corrected chi connectivity index (χ2v) is 8.05. The van der Waals surface area contributed by atoms with E-state index in [1.807, 2.05) is 0 Å². The maximum absolute atomic E-state index is 2.51. The van der Waals surface area contributed by atoms with Gasteiger partial charge in [-0.25, -0.2) is 0 Å². The van der Waals surface area contributed by atoms with E-state index in [1.54, 1.807) is 12.8 Å². The van der Waals surface area contributed by atoms with Crippen molar-refractivity contribution in [2.45, 2.75) is 69.3 Å². The van der Waals surface area contributed by atoms with Gasteiger partial charge >= 0.3 is 0 Å². The first-order valence-corrected chi connectivity index (χ1v) is 7.11. The predicted molar refractivity (Wildman–Crippen MR) is 57.3 cm³/mol. The van der Waals surface area contributed by atoms with Gasteiger partial charge in [-0.1, -0.05) is 34.6 Å². The fourth-order valence-electron chi connectivity index (χ4n) is 3.14. The Morgan fingerprint density at radius 2 is 1.33 bits per heavy atom. The van der Waals surface area contributed by atoms with Crippen molar-refractivity contribution in [1.82, 2.24) is 0 Å². The van der Waals surface area contributed by atoms with Crippen molar-refractivity contribution in [2.24, 2.45) is 0 Å². The van der Waals surface area contributed by atoms with Gasteiger partial charge in [-0.3, -0.25) is 0 Å². The molecule has 1 aliphatic carbocycles. The van der Waals surface area contributed by atoms with Crippen molar-refractivity contribution in [3.05, 3.63) is 0 Å². The van der Waals surface area contributed by atoms with Crippen LogP contribution in [0.5, 0.6) is 0 Å². The van der Waals surface area contributed by atoms with Crippen molar-refractivity contribution in [3.8, 4) is 0 Å². The van der Waals surface area contributed by atoms with Crippen molar-refractivity contribution in [2.75, 3.05) is 0 Å². The van der Waals surface area contributed by atoms with E-state index in [-0.39, 0.29) is 0 Å². The smallest absolute Gasteiger partial charge is 0.0204 e. The molecule has 0 amide bonds. The summed E-state index contributed by atoms with van der Waals surface area (Å²) in [6.07, 6.45) is 9.26. The van der Waals surface area contributed by atoms with Crippen LogP contribution in [0.2, 0.25) is 0 Å². The average Bonchev–Trinajstić information content (AvgIpc) is 2.61. The van der Waals surface area contributed by atoms with E-state index in [0.717, 1.165) is 11.3 Å². The minimum Gasteiger partial charge on any atom is -0.0977 e. The lowest BCUT2D eigenvalue weighted by atomic mass is 10.2. The largest absolute Gasteiger partial charge is 0.0977 e. The number of rotatable bonds is 1. The zero-order valence-electron chi connectivity index (χ0n) is 8.42. The van der Waals surface area contributed by atoms with E-state index in [1.165, 1.54) is 31.3 Å². The highest BCUT2D eigenvalue weighted by Crippen LogP contribution is 2.62. The molecule has 1 heterocycles. The summed E-state index contributed by atoms with van der Waals surface area (Å²) in [6.45, 7) is 5.01. The summed E-state index contributed by atoms with van der Waals surface area (Å²) in [6, 6.07) is 0. The highest BCUT2D eigenvalue weighted by molar-refractivity contribution is 7.60. The highest BCUT2D eigenvalue weighted by Gasteiger charge is 2.36. The molecule has 0 N–H and O–H groups in total. The van der Waals surface area contributed by atoms with E-state index in [4.69, 9.17) is 0 Å². The third kappa shape index (κ3) is 1.55. The Labute approximate surface area is 77.9 Å². The van der Waals surface area contributed by atoms with Crippen LogP contribution >= 0.6 is 7.92 Å². The molecule has 1 saturated carbocycles. The van der Waals surface area contributed by atoms with Gasteiger partial charge in [0, 0.05) is 0 Å². The van der Waals surface area contributed by atoms with Crippen LogP contribution in [0.25, 0.3) is 0 Å². The van der Waals surface area contributed by atoms with Gasteiger partial charge in [-0.2, -0.15) is 0 Å². The van der Waals surface area contributed by atoms with E-state index in [2.05, 4.69) is 13.8 Å². The molecule has 0 aromatic carbocycles. The van der Waals surface area contributed by atoms with Gasteiger partial charge in [0.25, 0.3) is 0 Å². The topological polar surface area (TPSA) is 0 Å². The molecule has 0 aromatic rings. The molecule has 0 bridgehead atoms. The molecule has 1 heteroatoms. The Bertz CT molecular complexity index is 139. The lowest BCUT2D eigenvalue weighted by Crippen LogP contribution is -2.09. The Kier molecular flexibility index (Phi) is 2.75. The molecule has 0 nitrogen and oxygen atoms in total. The second-order valence-electron chi connectivity index (χ2n) is 4.66. The Morgan fingerprint density at radius 3 is 1.83 bits per heavy atom. The zero-order chi connectivity index (χ0) is 8.55.